The van der Waals surface area contributed by atoms with Crippen LogP contribution in [0.25, 0.3) is 0 Å². The smallest absolute Gasteiger partial charge is 0.290 e. The number of benzene rings is 2. The maximum absolute atomic E-state index is 14.7. The lowest BCUT2D eigenvalue weighted by molar-refractivity contribution is -0.131. The van der Waals surface area contributed by atoms with Crippen molar-refractivity contribution in [2.75, 3.05) is 0 Å². The van der Waals surface area contributed by atoms with E-state index in [1.807, 2.05) is 30.3 Å². The van der Waals surface area contributed by atoms with Crippen molar-refractivity contribution in [3.63, 3.8) is 0 Å². The Balaban J connectivity index is 1.68. The van der Waals surface area contributed by atoms with Gasteiger partial charge in [-0.15, -0.1) is 0 Å². The first-order valence-electron chi connectivity index (χ1n) is 10.1. The largest absolute Gasteiger partial charge is 0.503 e. The second-order valence-corrected chi connectivity index (χ2v) is 7.75. The molecule has 1 N–H and O–H groups in total. The Bertz CT molecular complexity index is 948. The van der Waals surface area contributed by atoms with Gasteiger partial charge in [-0.1, -0.05) is 61.4 Å². The van der Waals surface area contributed by atoms with Crippen LogP contribution in [-0.2, 0) is 16.0 Å². The maximum Gasteiger partial charge on any atom is 0.290 e. The lowest BCUT2D eigenvalue weighted by atomic mass is 9.92. The molecular formula is C24H24FNO3. The zero-order valence-electron chi connectivity index (χ0n) is 16.2. The van der Waals surface area contributed by atoms with E-state index in [-0.39, 0.29) is 29.4 Å². The molecule has 5 heteroatoms. The molecule has 0 saturated heterocycles. The fourth-order valence-corrected chi connectivity index (χ4v) is 4.51. The molecule has 0 bridgehead atoms. The van der Waals surface area contributed by atoms with Gasteiger partial charge in [-0.3, -0.25) is 9.59 Å². The molecule has 2 aliphatic rings. The van der Waals surface area contributed by atoms with Gasteiger partial charge in [0.05, 0.1) is 11.6 Å². The summed E-state index contributed by atoms with van der Waals surface area (Å²) in [7, 11) is 0. The lowest BCUT2D eigenvalue weighted by Gasteiger charge is -2.32. The average Bonchev–Trinajstić information content (AvgIpc) is 3.34. The number of amides is 1. The molecule has 4 nitrogen and oxygen atoms in total. The Labute approximate surface area is 169 Å². The number of carbonyl (C=O) groups is 2. The number of aliphatic hydroxyl groups excluding tert-OH is 1. The molecule has 150 valence electrons. The number of halogens is 1. The number of hydrogen-bond acceptors (Lipinski definition) is 3. The first kappa shape index (κ1) is 19.4. The Morgan fingerprint density at radius 1 is 1.03 bits per heavy atom. The van der Waals surface area contributed by atoms with Gasteiger partial charge >= 0.3 is 0 Å². The lowest BCUT2D eigenvalue weighted by Crippen LogP contribution is -2.39. The molecule has 1 atom stereocenters. The molecule has 1 heterocycles. The van der Waals surface area contributed by atoms with E-state index in [4.69, 9.17) is 0 Å². The molecule has 0 aromatic heterocycles. The molecule has 1 aliphatic carbocycles. The summed E-state index contributed by atoms with van der Waals surface area (Å²) in [5.41, 5.74) is 1.29. The quantitative estimate of drug-likeness (QED) is 0.776. The van der Waals surface area contributed by atoms with Crippen LogP contribution in [0.1, 0.15) is 49.3 Å². The molecular weight excluding hydrogens is 369 g/mol. The molecule has 29 heavy (non-hydrogen) atoms. The van der Waals surface area contributed by atoms with E-state index in [1.54, 1.807) is 18.2 Å². The molecule has 0 radical (unpaired) electrons. The minimum Gasteiger partial charge on any atom is -0.503 e. The van der Waals surface area contributed by atoms with E-state index < -0.39 is 23.5 Å². The van der Waals surface area contributed by atoms with Crippen LogP contribution in [0.15, 0.2) is 65.9 Å². The van der Waals surface area contributed by atoms with Crippen molar-refractivity contribution in [2.45, 2.75) is 50.6 Å². The number of aryl methyl sites for hydroxylation is 1. The monoisotopic (exact) mass is 393 g/mol. The Morgan fingerprint density at radius 3 is 2.38 bits per heavy atom. The van der Waals surface area contributed by atoms with Gasteiger partial charge in [-0.25, -0.2) is 4.39 Å². The number of carbonyl (C=O) groups excluding carboxylic acids is 2. The van der Waals surface area contributed by atoms with Crippen molar-refractivity contribution in [1.29, 1.82) is 0 Å². The molecule has 0 spiro atoms. The summed E-state index contributed by atoms with van der Waals surface area (Å²) >= 11 is 0. The third kappa shape index (κ3) is 3.69. The SMILES string of the molecule is O=C(CCc1ccccc1)C1=C(O)C(=O)N(C2CCCC2)C1c1ccccc1F. The predicted molar refractivity (Wildman–Crippen MR) is 108 cm³/mol. The standard InChI is InChI=1S/C24H24FNO3/c25-19-13-7-6-12-18(19)22-21(20(27)15-14-16-8-2-1-3-9-16)23(28)24(29)26(22)17-10-4-5-11-17/h1-3,6-9,12-13,17,22,28H,4-5,10-11,14-15H2. The molecule has 4 rings (SSSR count). The number of hydrogen-bond donors (Lipinski definition) is 1. The Morgan fingerprint density at radius 2 is 1.69 bits per heavy atom. The molecule has 1 fully saturated rings. The number of rotatable bonds is 6. The normalized spacial score (nSPS) is 20.0. The minimum atomic E-state index is -0.866. The molecule has 1 unspecified atom stereocenters. The third-order valence-electron chi connectivity index (χ3n) is 5.95. The zero-order valence-corrected chi connectivity index (χ0v) is 16.2. The van der Waals surface area contributed by atoms with Crippen LogP contribution in [0.3, 0.4) is 0 Å². The summed E-state index contributed by atoms with van der Waals surface area (Å²) in [6.07, 6.45) is 4.22. The van der Waals surface area contributed by atoms with Crippen LogP contribution >= 0.6 is 0 Å². The number of nitrogens with zero attached hydrogens (tertiary/aromatic N) is 1. The van der Waals surface area contributed by atoms with Crippen LogP contribution in [0.5, 0.6) is 0 Å². The van der Waals surface area contributed by atoms with Gasteiger partial charge in [0.1, 0.15) is 5.82 Å². The first-order chi connectivity index (χ1) is 14.1. The van der Waals surface area contributed by atoms with Crippen molar-refractivity contribution >= 4 is 11.7 Å². The van der Waals surface area contributed by atoms with Crippen LogP contribution in [-0.4, -0.2) is 27.7 Å². The van der Waals surface area contributed by atoms with Crippen LogP contribution in [0.4, 0.5) is 4.39 Å². The highest BCUT2D eigenvalue weighted by molar-refractivity contribution is 6.09. The summed E-state index contributed by atoms with van der Waals surface area (Å²) in [4.78, 5) is 27.6. The number of ketones is 1. The summed E-state index contributed by atoms with van der Waals surface area (Å²) < 4.78 is 14.7. The summed E-state index contributed by atoms with van der Waals surface area (Å²) in [5, 5.41) is 10.6. The maximum atomic E-state index is 14.7. The Hall–Kier alpha value is -2.95. The van der Waals surface area contributed by atoms with Crippen LogP contribution in [0.2, 0.25) is 0 Å². The summed E-state index contributed by atoms with van der Waals surface area (Å²) in [5.74, 6) is -1.87. The van der Waals surface area contributed by atoms with Crippen LogP contribution in [0, 0.1) is 5.82 Å². The minimum absolute atomic E-state index is 0.0305. The van der Waals surface area contributed by atoms with Crippen molar-refractivity contribution in [3.8, 4) is 0 Å². The Kier molecular flexibility index (Phi) is 5.47. The van der Waals surface area contributed by atoms with Crippen LogP contribution < -0.4 is 0 Å². The second kappa shape index (κ2) is 8.19. The molecule has 1 amide bonds. The van der Waals surface area contributed by atoms with Crippen molar-refractivity contribution in [3.05, 3.63) is 82.9 Å². The van der Waals surface area contributed by atoms with E-state index in [2.05, 4.69) is 0 Å². The first-order valence-corrected chi connectivity index (χ1v) is 10.1. The van der Waals surface area contributed by atoms with E-state index >= 15 is 0 Å². The molecule has 2 aromatic rings. The summed E-state index contributed by atoms with van der Waals surface area (Å²) in [6, 6.07) is 14.8. The molecule has 1 aliphatic heterocycles. The highest BCUT2D eigenvalue weighted by Crippen LogP contribution is 2.43. The van der Waals surface area contributed by atoms with Gasteiger partial charge in [0.2, 0.25) is 0 Å². The highest BCUT2D eigenvalue weighted by atomic mass is 19.1. The van der Waals surface area contributed by atoms with Crippen molar-refractivity contribution in [2.24, 2.45) is 0 Å². The molecule has 1 saturated carbocycles. The highest BCUT2D eigenvalue weighted by Gasteiger charge is 2.47. The fourth-order valence-electron chi connectivity index (χ4n) is 4.51. The van der Waals surface area contributed by atoms with E-state index in [1.165, 1.54) is 11.0 Å². The van der Waals surface area contributed by atoms with E-state index in [0.717, 1.165) is 31.2 Å². The van der Waals surface area contributed by atoms with E-state index in [0.29, 0.717) is 6.42 Å². The van der Waals surface area contributed by atoms with Gasteiger partial charge in [0.25, 0.3) is 5.91 Å². The van der Waals surface area contributed by atoms with Gasteiger partial charge < -0.3 is 10.0 Å². The summed E-state index contributed by atoms with van der Waals surface area (Å²) in [6.45, 7) is 0. The topological polar surface area (TPSA) is 57.6 Å². The van der Waals surface area contributed by atoms with Gasteiger partial charge in [-0.2, -0.15) is 0 Å². The molecule has 2 aromatic carbocycles. The second-order valence-electron chi connectivity index (χ2n) is 7.75. The fraction of sp³-hybridized carbons (Fsp3) is 0.333. The van der Waals surface area contributed by atoms with Crippen molar-refractivity contribution in [1.82, 2.24) is 4.90 Å². The number of aliphatic hydroxyl groups is 1. The zero-order chi connectivity index (χ0) is 20.4. The third-order valence-corrected chi connectivity index (χ3v) is 5.95. The van der Waals surface area contributed by atoms with Crippen molar-refractivity contribution < 1.29 is 19.1 Å². The van der Waals surface area contributed by atoms with Gasteiger partial charge in [0, 0.05) is 18.0 Å². The predicted octanol–water partition coefficient (Wildman–Crippen LogP) is 4.67. The number of Topliss-reactive ketones (excluding diaryl/α,β-unsaturated/α-hetero) is 1. The van der Waals surface area contributed by atoms with Gasteiger partial charge in [0.15, 0.2) is 11.5 Å². The van der Waals surface area contributed by atoms with E-state index in [9.17, 15) is 19.1 Å². The van der Waals surface area contributed by atoms with Gasteiger partial charge in [-0.05, 0) is 30.9 Å². The average molecular weight is 393 g/mol.